The number of esters is 2. The van der Waals surface area contributed by atoms with Crippen molar-refractivity contribution in [3.8, 4) is 0 Å². The zero-order valence-electron chi connectivity index (χ0n) is 9.12. The highest BCUT2D eigenvalue weighted by Crippen LogP contribution is 1.93. The SMILES string of the molecule is COC(=O)CCN[C@H](CN)CC(=O)OC. The van der Waals surface area contributed by atoms with Crippen LogP contribution in [-0.4, -0.2) is 45.3 Å². The first-order valence-corrected chi connectivity index (χ1v) is 4.71. The van der Waals surface area contributed by atoms with Crippen LogP contribution in [0.1, 0.15) is 12.8 Å². The summed E-state index contributed by atoms with van der Waals surface area (Å²) in [7, 11) is 2.65. The molecule has 6 heteroatoms. The van der Waals surface area contributed by atoms with Crippen molar-refractivity contribution in [3.05, 3.63) is 0 Å². The number of nitrogens with one attached hydrogen (secondary N) is 1. The smallest absolute Gasteiger partial charge is 0.307 e. The highest BCUT2D eigenvalue weighted by molar-refractivity contribution is 5.70. The minimum absolute atomic E-state index is 0.165. The summed E-state index contributed by atoms with van der Waals surface area (Å²) in [6.45, 7) is 0.752. The number of hydrogen-bond acceptors (Lipinski definition) is 6. The van der Waals surface area contributed by atoms with Gasteiger partial charge in [0, 0.05) is 19.1 Å². The Labute approximate surface area is 89.1 Å². The van der Waals surface area contributed by atoms with E-state index in [4.69, 9.17) is 5.73 Å². The van der Waals surface area contributed by atoms with Gasteiger partial charge in [0.05, 0.1) is 27.1 Å². The molecule has 0 bridgehead atoms. The van der Waals surface area contributed by atoms with Crippen molar-refractivity contribution in [3.63, 3.8) is 0 Å². The third-order valence-corrected chi connectivity index (χ3v) is 1.92. The number of rotatable bonds is 7. The fourth-order valence-corrected chi connectivity index (χ4v) is 1.00. The van der Waals surface area contributed by atoms with E-state index in [2.05, 4.69) is 14.8 Å². The molecule has 0 saturated heterocycles. The predicted octanol–water partition coefficient (Wildman–Crippen LogP) is -0.970. The fourth-order valence-electron chi connectivity index (χ4n) is 1.00. The van der Waals surface area contributed by atoms with E-state index in [1.807, 2.05) is 0 Å². The first-order chi connectivity index (χ1) is 7.13. The minimum Gasteiger partial charge on any atom is -0.469 e. The molecule has 0 fully saturated rings. The van der Waals surface area contributed by atoms with E-state index in [0.29, 0.717) is 13.1 Å². The van der Waals surface area contributed by atoms with Crippen molar-refractivity contribution in [1.82, 2.24) is 5.32 Å². The van der Waals surface area contributed by atoms with Gasteiger partial charge < -0.3 is 20.5 Å². The largest absolute Gasteiger partial charge is 0.469 e. The minimum atomic E-state index is -0.323. The maximum atomic E-state index is 10.9. The van der Waals surface area contributed by atoms with E-state index in [9.17, 15) is 9.59 Å². The third-order valence-electron chi connectivity index (χ3n) is 1.92. The molecular weight excluding hydrogens is 200 g/mol. The Balaban J connectivity index is 3.70. The van der Waals surface area contributed by atoms with Gasteiger partial charge in [0.1, 0.15) is 0 Å². The number of hydrogen-bond donors (Lipinski definition) is 2. The van der Waals surface area contributed by atoms with Gasteiger partial charge in [-0.15, -0.1) is 0 Å². The van der Waals surface area contributed by atoms with Gasteiger partial charge in [-0.05, 0) is 0 Å². The average Bonchev–Trinajstić information content (AvgIpc) is 2.26. The van der Waals surface area contributed by atoms with Crippen molar-refractivity contribution in [1.29, 1.82) is 0 Å². The van der Waals surface area contributed by atoms with Crippen LogP contribution in [0, 0.1) is 0 Å². The lowest BCUT2D eigenvalue weighted by atomic mass is 10.2. The summed E-state index contributed by atoms with van der Waals surface area (Å²) < 4.78 is 8.97. The molecule has 0 aliphatic heterocycles. The lowest BCUT2D eigenvalue weighted by Crippen LogP contribution is -2.39. The summed E-state index contributed by atoms with van der Waals surface area (Å²) in [5.41, 5.74) is 5.44. The van der Waals surface area contributed by atoms with E-state index in [1.54, 1.807) is 0 Å². The van der Waals surface area contributed by atoms with Crippen LogP contribution in [-0.2, 0) is 19.1 Å². The van der Waals surface area contributed by atoms with Gasteiger partial charge in [-0.25, -0.2) is 0 Å². The summed E-state index contributed by atoms with van der Waals surface area (Å²) in [5, 5.41) is 2.97. The zero-order chi connectivity index (χ0) is 11.7. The second-order valence-corrected chi connectivity index (χ2v) is 2.99. The highest BCUT2D eigenvalue weighted by atomic mass is 16.5. The summed E-state index contributed by atoms with van der Waals surface area (Å²) >= 11 is 0. The standard InChI is InChI=1S/C9H18N2O4/c1-14-8(12)3-4-11-7(6-10)5-9(13)15-2/h7,11H,3-6,10H2,1-2H3/t7-/m0/s1. The number of methoxy groups -OCH3 is 2. The van der Waals surface area contributed by atoms with E-state index < -0.39 is 0 Å². The first-order valence-electron chi connectivity index (χ1n) is 4.71. The number of nitrogens with two attached hydrogens (primary N) is 1. The molecular formula is C9H18N2O4. The molecule has 6 nitrogen and oxygen atoms in total. The lowest BCUT2D eigenvalue weighted by molar-refractivity contribution is -0.141. The van der Waals surface area contributed by atoms with E-state index in [-0.39, 0.29) is 30.8 Å². The van der Waals surface area contributed by atoms with Crippen LogP contribution in [0.25, 0.3) is 0 Å². The Morgan fingerprint density at radius 1 is 1.27 bits per heavy atom. The first kappa shape index (κ1) is 13.9. The third kappa shape index (κ3) is 6.87. The van der Waals surface area contributed by atoms with Crippen LogP contribution in [0.5, 0.6) is 0 Å². The molecule has 0 saturated carbocycles. The van der Waals surface area contributed by atoms with Gasteiger partial charge in [-0.2, -0.15) is 0 Å². The van der Waals surface area contributed by atoms with Crippen molar-refractivity contribution < 1.29 is 19.1 Å². The molecule has 0 rings (SSSR count). The number of carbonyl (C=O) groups is 2. The Kier molecular flexibility index (Phi) is 7.57. The highest BCUT2D eigenvalue weighted by Gasteiger charge is 2.12. The summed E-state index contributed by atoms with van der Waals surface area (Å²) in [6, 6.07) is -0.165. The molecule has 0 aromatic rings. The molecule has 0 spiro atoms. The van der Waals surface area contributed by atoms with Crippen molar-refractivity contribution in [2.75, 3.05) is 27.3 Å². The Hall–Kier alpha value is -1.14. The molecule has 15 heavy (non-hydrogen) atoms. The molecule has 0 aliphatic rings. The lowest BCUT2D eigenvalue weighted by Gasteiger charge is -2.14. The predicted molar refractivity (Wildman–Crippen MR) is 54.1 cm³/mol. The van der Waals surface area contributed by atoms with Crippen LogP contribution in [0.4, 0.5) is 0 Å². The average molecular weight is 218 g/mol. The molecule has 0 heterocycles. The van der Waals surface area contributed by atoms with Gasteiger partial charge in [0.15, 0.2) is 0 Å². The summed E-state index contributed by atoms with van der Waals surface area (Å²) in [6.07, 6.45) is 0.461. The maximum absolute atomic E-state index is 10.9. The van der Waals surface area contributed by atoms with E-state index >= 15 is 0 Å². The molecule has 0 amide bonds. The van der Waals surface area contributed by atoms with Gasteiger partial charge in [0.2, 0.25) is 0 Å². The molecule has 88 valence electrons. The Bertz CT molecular complexity index is 208. The topological polar surface area (TPSA) is 90.6 Å². The fraction of sp³-hybridized carbons (Fsp3) is 0.778. The van der Waals surface area contributed by atoms with E-state index in [1.165, 1.54) is 14.2 Å². The number of carbonyl (C=O) groups excluding carboxylic acids is 2. The molecule has 3 N–H and O–H groups in total. The number of ether oxygens (including phenoxy) is 2. The van der Waals surface area contributed by atoms with Gasteiger partial charge in [-0.3, -0.25) is 9.59 Å². The van der Waals surface area contributed by atoms with Crippen molar-refractivity contribution in [2.24, 2.45) is 5.73 Å². The van der Waals surface area contributed by atoms with Gasteiger partial charge >= 0.3 is 11.9 Å². The summed E-state index contributed by atoms with van der Waals surface area (Å²) in [5.74, 6) is -0.618. The molecule has 0 unspecified atom stereocenters. The van der Waals surface area contributed by atoms with Crippen LogP contribution in [0.15, 0.2) is 0 Å². The van der Waals surface area contributed by atoms with E-state index in [0.717, 1.165) is 0 Å². The van der Waals surface area contributed by atoms with Crippen LogP contribution < -0.4 is 11.1 Å². The molecule has 0 aliphatic carbocycles. The normalized spacial score (nSPS) is 11.9. The molecule has 0 radical (unpaired) electrons. The molecule has 0 aromatic heterocycles. The second-order valence-electron chi connectivity index (χ2n) is 2.99. The Morgan fingerprint density at radius 2 is 1.87 bits per heavy atom. The van der Waals surface area contributed by atoms with Gasteiger partial charge in [0.25, 0.3) is 0 Å². The van der Waals surface area contributed by atoms with Crippen LogP contribution in [0.2, 0.25) is 0 Å². The van der Waals surface area contributed by atoms with Crippen LogP contribution >= 0.6 is 0 Å². The van der Waals surface area contributed by atoms with Gasteiger partial charge in [-0.1, -0.05) is 0 Å². The quantitative estimate of drug-likeness (QED) is 0.534. The second kappa shape index (κ2) is 8.19. The monoisotopic (exact) mass is 218 g/mol. The molecule has 0 aromatic carbocycles. The summed E-state index contributed by atoms with van der Waals surface area (Å²) in [4.78, 5) is 21.7. The molecule has 1 atom stereocenters. The van der Waals surface area contributed by atoms with Crippen molar-refractivity contribution in [2.45, 2.75) is 18.9 Å². The Morgan fingerprint density at radius 3 is 2.33 bits per heavy atom. The van der Waals surface area contributed by atoms with Crippen molar-refractivity contribution >= 4 is 11.9 Å². The maximum Gasteiger partial charge on any atom is 0.307 e. The van der Waals surface area contributed by atoms with Crippen LogP contribution in [0.3, 0.4) is 0 Å². The zero-order valence-corrected chi connectivity index (χ0v) is 9.12.